The largest absolute Gasteiger partial charge is 0.497 e. The fourth-order valence-corrected chi connectivity index (χ4v) is 3.07. The normalized spacial score (nSPS) is 10.3. The minimum absolute atomic E-state index is 0.602. The lowest BCUT2D eigenvalue weighted by atomic mass is 10.2. The molecule has 2 rings (SSSR count). The average Bonchev–Trinajstić information content (AvgIpc) is 2.77. The summed E-state index contributed by atoms with van der Waals surface area (Å²) in [5, 5.41) is 4.38. The molecule has 1 aromatic carbocycles. The highest BCUT2D eigenvalue weighted by molar-refractivity contribution is 7.99. The zero-order valence-corrected chi connectivity index (χ0v) is 11.9. The Morgan fingerprint density at radius 2 is 2.11 bits per heavy atom. The first-order valence-corrected chi connectivity index (χ1v) is 7.40. The van der Waals surface area contributed by atoms with E-state index in [2.05, 4.69) is 9.69 Å². The van der Waals surface area contributed by atoms with Crippen molar-refractivity contribution < 1.29 is 4.74 Å². The zero-order valence-electron chi connectivity index (χ0n) is 10.3. The Balaban J connectivity index is 2.02. The van der Waals surface area contributed by atoms with Crippen LogP contribution < -0.4 is 15.8 Å². The Kier molecular flexibility index (Phi) is 4.33. The Morgan fingerprint density at radius 1 is 1.39 bits per heavy atom. The highest BCUT2D eigenvalue weighted by atomic mass is 32.2. The van der Waals surface area contributed by atoms with E-state index in [1.165, 1.54) is 17.1 Å². The molecule has 0 aliphatic carbocycles. The van der Waals surface area contributed by atoms with Gasteiger partial charge in [0, 0.05) is 6.54 Å². The summed E-state index contributed by atoms with van der Waals surface area (Å²) in [6.45, 7) is 0.749. The standard InChI is InChI=1S/C12H15N3OS2/c1-16-9-5-3-8(4-6-9)7-14-12-10(17-2)11(13)15-18-12/h3-6,14H,7H2,1-2H3,(H2,13,15). The quantitative estimate of drug-likeness (QED) is 0.825. The highest BCUT2D eigenvalue weighted by Gasteiger charge is 2.09. The molecular formula is C12H15N3OS2. The van der Waals surface area contributed by atoms with Gasteiger partial charge in [-0.15, -0.1) is 11.8 Å². The predicted molar refractivity (Wildman–Crippen MR) is 78.6 cm³/mol. The van der Waals surface area contributed by atoms with E-state index in [1.54, 1.807) is 18.9 Å². The summed E-state index contributed by atoms with van der Waals surface area (Å²) in [6.07, 6.45) is 2.00. The van der Waals surface area contributed by atoms with Crippen molar-refractivity contribution in [2.45, 2.75) is 11.4 Å². The number of nitrogens with one attached hydrogen (secondary N) is 1. The molecule has 0 atom stereocenters. The van der Waals surface area contributed by atoms with E-state index in [1.807, 2.05) is 30.5 Å². The Morgan fingerprint density at radius 3 is 2.72 bits per heavy atom. The fourth-order valence-electron chi connectivity index (χ4n) is 1.53. The maximum absolute atomic E-state index is 5.78. The highest BCUT2D eigenvalue weighted by Crippen LogP contribution is 2.34. The summed E-state index contributed by atoms with van der Waals surface area (Å²) in [6, 6.07) is 7.98. The van der Waals surface area contributed by atoms with Crippen molar-refractivity contribution >= 4 is 34.1 Å². The summed E-state index contributed by atoms with van der Waals surface area (Å²) < 4.78 is 9.27. The van der Waals surface area contributed by atoms with E-state index >= 15 is 0 Å². The number of benzene rings is 1. The van der Waals surface area contributed by atoms with Crippen molar-refractivity contribution in [3.8, 4) is 5.75 Å². The number of nitrogens with zero attached hydrogens (tertiary/aromatic N) is 1. The van der Waals surface area contributed by atoms with Gasteiger partial charge in [-0.1, -0.05) is 12.1 Å². The lowest BCUT2D eigenvalue weighted by Gasteiger charge is -2.06. The van der Waals surface area contributed by atoms with Crippen LogP contribution in [0.4, 0.5) is 10.8 Å². The third-order valence-electron chi connectivity index (χ3n) is 2.49. The predicted octanol–water partition coefficient (Wildman–Crippen LogP) is 3.07. The van der Waals surface area contributed by atoms with Gasteiger partial charge in [0.15, 0.2) is 5.82 Å². The SMILES string of the molecule is COc1ccc(CNc2snc(N)c2SC)cc1. The lowest BCUT2D eigenvalue weighted by Crippen LogP contribution is -1.99. The molecule has 0 saturated heterocycles. The number of hydrogen-bond donors (Lipinski definition) is 2. The summed E-state index contributed by atoms with van der Waals surface area (Å²) in [5.74, 6) is 1.47. The smallest absolute Gasteiger partial charge is 0.153 e. The van der Waals surface area contributed by atoms with Crippen LogP contribution >= 0.6 is 23.3 Å². The minimum atomic E-state index is 0.602. The summed E-state index contributed by atoms with van der Waals surface area (Å²) in [7, 11) is 1.66. The van der Waals surface area contributed by atoms with Crippen LogP contribution in [0.25, 0.3) is 0 Å². The number of rotatable bonds is 5. The lowest BCUT2D eigenvalue weighted by molar-refractivity contribution is 0.414. The second-order valence-electron chi connectivity index (χ2n) is 3.63. The number of nitrogen functional groups attached to an aromatic ring is 1. The van der Waals surface area contributed by atoms with Gasteiger partial charge < -0.3 is 15.8 Å². The number of nitrogens with two attached hydrogens (primary N) is 1. The van der Waals surface area contributed by atoms with Gasteiger partial charge in [0.2, 0.25) is 0 Å². The van der Waals surface area contributed by atoms with Crippen molar-refractivity contribution in [1.29, 1.82) is 0 Å². The molecule has 6 heteroatoms. The van der Waals surface area contributed by atoms with Crippen LogP contribution in [0.2, 0.25) is 0 Å². The monoisotopic (exact) mass is 281 g/mol. The van der Waals surface area contributed by atoms with Crippen LogP contribution in [-0.4, -0.2) is 17.7 Å². The summed E-state index contributed by atoms with van der Waals surface area (Å²) in [4.78, 5) is 1.02. The van der Waals surface area contributed by atoms with Gasteiger partial charge in [-0.25, -0.2) is 0 Å². The minimum Gasteiger partial charge on any atom is -0.497 e. The third kappa shape index (κ3) is 2.88. The van der Waals surface area contributed by atoms with Crippen LogP contribution in [0.3, 0.4) is 0 Å². The van der Waals surface area contributed by atoms with Crippen molar-refractivity contribution in [3.05, 3.63) is 29.8 Å². The van der Waals surface area contributed by atoms with E-state index in [4.69, 9.17) is 10.5 Å². The van der Waals surface area contributed by atoms with E-state index in [0.717, 1.165) is 22.2 Å². The van der Waals surface area contributed by atoms with Crippen LogP contribution in [-0.2, 0) is 6.54 Å². The average molecular weight is 281 g/mol. The van der Waals surface area contributed by atoms with Gasteiger partial charge in [0.25, 0.3) is 0 Å². The van der Waals surface area contributed by atoms with Crippen LogP contribution in [0.15, 0.2) is 29.2 Å². The van der Waals surface area contributed by atoms with E-state index in [9.17, 15) is 0 Å². The molecule has 0 amide bonds. The number of methoxy groups -OCH3 is 1. The molecule has 1 heterocycles. The van der Waals surface area contributed by atoms with E-state index < -0.39 is 0 Å². The topological polar surface area (TPSA) is 60.2 Å². The van der Waals surface area contributed by atoms with Crippen molar-refractivity contribution in [1.82, 2.24) is 4.37 Å². The molecule has 0 aliphatic rings. The van der Waals surface area contributed by atoms with E-state index in [-0.39, 0.29) is 0 Å². The molecule has 0 radical (unpaired) electrons. The van der Waals surface area contributed by atoms with Crippen LogP contribution in [0, 0.1) is 0 Å². The molecule has 4 nitrogen and oxygen atoms in total. The third-order valence-corrected chi connectivity index (χ3v) is 4.26. The maximum Gasteiger partial charge on any atom is 0.153 e. The first-order chi connectivity index (χ1) is 8.74. The molecule has 0 bridgehead atoms. The number of ether oxygens (including phenoxy) is 1. The fraction of sp³-hybridized carbons (Fsp3) is 0.250. The Labute approximate surface area is 115 Å². The summed E-state index contributed by atoms with van der Waals surface area (Å²) in [5.41, 5.74) is 6.97. The maximum atomic E-state index is 5.78. The van der Waals surface area contributed by atoms with Crippen molar-refractivity contribution in [2.24, 2.45) is 0 Å². The molecule has 0 saturated carbocycles. The molecule has 0 unspecified atom stereocenters. The van der Waals surface area contributed by atoms with Crippen LogP contribution in [0.1, 0.15) is 5.56 Å². The van der Waals surface area contributed by atoms with Crippen molar-refractivity contribution in [2.75, 3.05) is 24.4 Å². The van der Waals surface area contributed by atoms with Crippen LogP contribution in [0.5, 0.6) is 5.75 Å². The zero-order chi connectivity index (χ0) is 13.0. The Hall–Kier alpha value is -1.40. The molecule has 3 N–H and O–H groups in total. The van der Waals surface area contributed by atoms with Gasteiger partial charge >= 0.3 is 0 Å². The van der Waals surface area contributed by atoms with Gasteiger partial charge in [0.05, 0.1) is 12.0 Å². The molecular weight excluding hydrogens is 266 g/mol. The second kappa shape index (κ2) is 5.97. The number of anilines is 2. The van der Waals surface area contributed by atoms with Gasteiger partial charge in [0.1, 0.15) is 10.8 Å². The molecule has 96 valence electrons. The molecule has 18 heavy (non-hydrogen) atoms. The molecule has 0 aliphatic heterocycles. The molecule has 0 spiro atoms. The van der Waals surface area contributed by atoms with Gasteiger partial charge in [-0.3, -0.25) is 0 Å². The first-order valence-electron chi connectivity index (χ1n) is 5.40. The molecule has 1 aromatic heterocycles. The number of thioether (sulfide) groups is 1. The van der Waals surface area contributed by atoms with Crippen molar-refractivity contribution in [3.63, 3.8) is 0 Å². The van der Waals surface area contributed by atoms with Gasteiger partial charge in [-0.05, 0) is 35.5 Å². The number of aromatic nitrogens is 1. The second-order valence-corrected chi connectivity index (χ2v) is 5.22. The van der Waals surface area contributed by atoms with Gasteiger partial charge in [-0.2, -0.15) is 4.37 Å². The first kappa shape index (κ1) is 13.0. The number of hydrogen-bond acceptors (Lipinski definition) is 6. The Bertz CT molecular complexity index is 511. The summed E-state index contributed by atoms with van der Waals surface area (Å²) >= 11 is 3.01. The molecule has 0 fully saturated rings. The van der Waals surface area contributed by atoms with E-state index in [0.29, 0.717) is 5.82 Å². The molecule has 2 aromatic rings.